The fourth-order valence-electron chi connectivity index (χ4n) is 4.41. The average molecular weight is 639 g/mol. The lowest BCUT2D eigenvalue weighted by molar-refractivity contribution is -0.299. The number of allylic oxidation sites excluding steroid dienone is 9. The van der Waals surface area contributed by atoms with Crippen molar-refractivity contribution in [2.24, 2.45) is 5.92 Å². The van der Waals surface area contributed by atoms with Gasteiger partial charge in [0, 0.05) is 42.2 Å². The second kappa shape index (κ2) is 20.1. The van der Waals surface area contributed by atoms with Crippen LogP contribution in [-0.2, 0) is 30.7 Å². The number of nitrogens with zero attached hydrogens (tertiary/aromatic N) is 4. The number of nitrogens with one attached hydrogen (secondary N) is 2. The van der Waals surface area contributed by atoms with E-state index in [4.69, 9.17) is 9.78 Å². The van der Waals surface area contributed by atoms with Crippen LogP contribution >= 0.6 is 11.8 Å². The zero-order chi connectivity index (χ0) is 33.2. The van der Waals surface area contributed by atoms with E-state index in [0.717, 1.165) is 16.9 Å². The van der Waals surface area contributed by atoms with E-state index in [0.29, 0.717) is 29.2 Å². The molecule has 3 amide bonds. The summed E-state index contributed by atoms with van der Waals surface area (Å²) >= 11 is 1.64. The van der Waals surface area contributed by atoms with E-state index in [2.05, 4.69) is 34.1 Å². The number of fused-ring (bicyclic) bond motifs is 1. The minimum Gasteiger partial charge on any atom is -0.355 e. The molecule has 1 aromatic heterocycles. The largest absolute Gasteiger partial charge is 0.355 e. The van der Waals surface area contributed by atoms with Crippen LogP contribution in [0.1, 0.15) is 51.9 Å². The van der Waals surface area contributed by atoms with Gasteiger partial charge in [-0.3, -0.25) is 14.4 Å². The van der Waals surface area contributed by atoms with Crippen LogP contribution in [-0.4, -0.2) is 76.1 Å². The molecule has 2 heterocycles. The van der Waals surface area contributed by atoms with Crippen molar-refractivity contribution in [1.82, 2.24) is 30.5 Å². The normalized spacial score (nSPS) is 17.2. The van der Waals surface area contributed by atoms with Crippen LogP contribution in [0.3, 0.4) is 0 Å². The number of rotatable bonds is 18. The van der Waals surface area contributed by atoms with Crippen LogP contribution in [0.2, 0.25) is 0 Å². The maximum absolute atomic E-state index is 13.8. The number of carbonyl (C=O) groups is 3. The molecule has 244 valence electrons. The molecule has 0 unspecified atom stereocenters. The van der Waals surface area contributed by atoms with Gasteiger partial charge < -0.3 is 15.5 Å². The average Bonchev–Trinajstić information content (AvgIpc) is 3.43. The molecule has 1 aliphatic heterocycles. The topological polar surface area (TPSA) is 128 Å². The number of carbonyl (C=O) groups excluding carboxylic acids is 3. The smallest absolute Gasteiger partial charge is 0.227 e. The number of hydrogen-bond acceptors (Lipinski definition) is 8. The molecule has 12 heteroatoms. The van der Waals surface area contributed by atoms with Crippen molar-refractivity contribution in [3.05, 3.63) is 84.4 Å². The predicted molar refractivity (Wildman–Crippen MR) is 180 cm³/mol. The molecule has 0 aromatic carbocycles. The first kappa shape index (κ1) is 37.2. The first-order valence-corrected chi connectivity index (χ1v) is 16.3. The summed E-state index contributed by atoms with van der Waals surface area (Å²) in [5, 5.41) is 14.5. The van der Waals surface area contributed by atoms with Crippen molar-refractivity contribution in [2.45, 2.75) is 47.1 Å². The maximum Gasteiger partial charge on any atom is 0.227 e. The van der Waals surface area contributed by atoms with Gasteiger partial charge in [0.25, 0.3) is 0 Å². The van der Waals surface area contributed by atoms with E-state index in [1.807, 2.05) is 50.5 Å². The number of thioether (sulfide) groups is 1. The van der Waals surface area contributed by atoms with E-state index >= 15 is 0 Å². The Bertz CT molecular complexity index is 1350. The van der Waals surface area contributed by atoms with Gasteiger partial charge in [-0.2, -0.15) is 11.8 Å². The predicted octanol–water partition coefficient (Wildman–Crippen LogP) is 4.60. The molecule has 1 aliphatic rings. The SMILES string of the molecule is C=C/C=C\C1=C(/C=C)N(C(=O)CCC(=O)NCCSC)CC(/C=C\C)=C(/C=C\C)c2nnn(CCOOCNC(=O)C(C)C)c21. The third-order valence-electron chi connectivity index (χ3n) is 6.57. The Hall–Kier alpha value is -4.00. The second-order valence-electron chi connectivity index (χ2n) is 10.1. The monoisotopic (exact) mass is 638 g/mol. The van der Waals surface area contributed by atoms with Gasteiger partial charge in [0.1, 0.15) is 12.3 Å². The first-order chi connectivity index (χ1) is 21.7. The molecule has 0 aliphatic carbocycles. The van der Waals surface area contributed by atoms with Crippen LogP contribution in [0.4, 0.5) is 0 Å². The van der Waals surface area contributed by atoms with Crippen molar-refractivity contribution < 1.29 is 24.2 Å². The van der Waals surface area contributed by atoms with E-state index in [9.17, 15) is 14.4 Å². The zero-order valence-corrected chi connectivity index (χ0v) is 27.8. The number of amides is 3. The summed E-state index contributed by atoms with van der Waals surface area (Å²) in [4.78, 5) is 50.2. The van der Waals surface area contributed by atoms with Crippen molar-refractivity contribution in [1.29, 1.82) is 0 Å². The van der Waals surface area contributed by atoms with Crippen molar-refractivity contribution >= 4 is 40.6 Å². The van der Waals surface area contributed by atoms with Gasteiger partial charge in [-0.15, -0.1) is 5.10 Å². The Labute approximate surface area is 270 Å². The number of hydrogen-bond donors (Lipinski definition) is 2. The molecule has 45 heavy (non-hydrogen) atoms. The molecule has 0 fully saturated rings. The third-order valence-corrected chi connectivity index (χ3v) is 7.19. The fourth-order valence-corrected chi connectivity index (χ4v) is 4.72. The van der Waals surface area contributed by atoms with Gasteiger partial charge in [0.2, 0.25) is 17.7 Å². The van der Waals surface area contributed by atoms with Crippen LogP contribution in [0.5, 0.6) is 0 Å². The summed E-state index contributed by atoms with van der Waals surface area (Å²) in [6.07, 6.45) is 16.6. The Kier molecular flexibility index (Phi) is 16.6. The Morgan fingerprint density at radius 2 is 1.80 bits per heavy atom. The molecular weight excluding hydrogens is 592 g/mol. The van der Waals surface area contributed by atoms with Gasteiger partial charge in [-0.1, -0.05) is 74.8 Å². The molecule has 0 bridgehead atoms. The molecular formula is C33H46N6O5S. The highest BCUT2D eigenvalue weighted by Crippen LogP contribution is 2.35. The lowest BCUT2D eigenvalue weighted by Crippen LogP contribution is -2.34. The van der Waals surface area contributed by atoms with Crippen LogP contribution < -0.4 is 10.6 Å². The van der Waals surface area contributed by atoms with Crippen LogP contribution in [0.25, 0.3) is 11.1 Å². The second-order valence-corrected chi connectivity index (χ2v) is 11.1. The molecule has 0 saturated heterocycles. The highest BCUT2D eigenvalue weighted by Gasteiger charge is 2.29. The summed E-state index contributed by atoms with van der Waals surface area (Å²) < 4.78 is 1.68. The summed E-state index contributed by atoms with van der Waals surface area (Å²) in [6.45, 7) is 16.3. The molecule has 1 aromatic rings. The van der Waals surface area contributed by atoms with Gasteiger partial charge in [-0.05, 0) is 31.8 Å². The fraction of sp³-hybridized carbons (Fsp3) is 0.424. The van der Waals surface area contributed by atoms with Crippen LogP contribution in [0.15, 0.2) is 73.0 Å². The maximum atomic E-state index is 13.8. The highest BCUT2D eigenvalue weighted by molar-refractivity contribution is 7.98. The van der Waals surface area contributed by atoms with Crippen LogP contribution in [0, 0.1) is 5.92 Å². The lowest BCUT2D eigenvalue weighted by atomic mass is 9.94. The molecule has 0 saturated carbocycles. The summed E-state index contributed by atoms with van der Waals surface area (Å²) in [6, 6.07) is 0. The van der Waals surface area contributed by atoms with E-state index in [-0.39, 0.29) is 62.9 Å². The summed E-state index contributed by atoms with van der Waals surface area (Å²) in [5.41, 5.74) is 4.09. The van der Waals surface area contributed by atoms with Crippen molar-refractivity contribution in [3.63, 3.8) is 0 Å². The molecule has 0 radical (unpaired) electrons. The molecule has 11 nitrogen and oxygen atoms in total. The van der Waals surface area contributed by atoms with Gasteiger partial charge >= 0.3 is 0 Å². The van der Waals surface area contributed by atoms with E-state index in [1.54, 1.807) is 53.4 Å². The van der Waals surface area contributed by atoms with E-state index in [1.165, 1.54) is 0 Å². The van der Waals surface area contributed by atoms with Crippen molar-refractivity contribution in [3.8, 4) is 0 Å². The Morgan fingerprint density at radius 1 is 1.04 bits per heavy atom. The standard InChI is InChI=1S/C33H46N6O5S/c1-8-12-15-27-28(11-4)38(30(41)17-16-29(40)34-18-21-45-7)22-25(13-9-2)26(14-10-3)31-32(27)39(37-36-31)19-20-43-44-23-35-33(42)24(5)6/h8-15,24H,1,4,16-23H2,2-3,5-7H3,(H,34,40)(H,35,42)/b13-9-,14-10-,15-12-,26-25-,28-27-. The lowest BCUT2D eigenvalue weighted by Gasteiger charge is -2.29. The van der Waals surface area contributed by atoms with Crippen molar-refractivity contribution in [2.75, 3.05) is 38.4 Å². The van der Waals surface area contributed by atoms with Gasteiger partial charge in [0.15, 0.2) is 6.73 Å². The summed E-state index contributed by atoms with van der Waals surface area (Å²) in [7, 11) is 0. The first-order valence-electron chi connectivity index (χ1n) is 14.9. The third kappa shape index (κ3) is 11.1. The minimum atomic E-state index is -0.223. The van der Waals surface area contributed by atoms with E-state index < -0.39 is 0 Å². The zero-order valence-electron chi connectivity index (χ0n) is 27.0. The molecule has 0 atom stereocenters. The number of aromatic nitrogens is 3. The molecule has 0 spiro atoms. The molecule has 2 rings (SSSR count). The van der Waals surface area contributed by atoms with Gasteiger partial charge in [-0.25, -0.2) is 14.5 Å². The summed E-state index contributed by atoms with van der Waals surface area (Å²) in [5.74, 6) is 0.0905. The van der Waals surface area contributed by atoms with Gasteiger partial charge in [0.05, 0.1) is 24.5 Å². The quantitative estimate of drug-likeness (QED) is 0.0785. The minimum absolute atomic E-state index is 0.0197. The Balaban J connectivity index is 2.56. The Morgan fingerprint density at radius 3 is 2.44 bits per heavy atom. The highest BCUT2D eigenvalue weighted by atomic mass is 32.2. The molecule has 2 N–H and O–H groups in total.